The first-order valence-corrected chi connectivity index (χ1v) is 11.6. The van der Waals surface area contributed by atoms with Crippen LogP contribution in [0, 0.1) is 0 Å². The molecule has 0 aliphatic heterocycles. The van der Waals surface area contributed by atoms with Crippen molar-refractivity contribution in [1.82, 2.24) is 0 Å². The minimum absolute atomic E-state index is 0.0575. The van der Waals surface area contributed by atoms with Gasteiger partial charge in [0.2, 0.25) is 0 Å². The maximum atomic E-state index is 12.7. The van der Waals surface area contributed by atoms with Crippen LogP contribution in [0.25, 0.3) is 0 Å². The fourth-order valence-electron chi connectivity index (χ4n) is 3.00. The third-order valence-electron chi connectivity index (χ3n) is 4.61. The Kier molecular flexibility index (Phi) is 9.05. The molecule has 7 nitrogen and oxygen atoms in total. The third-order valence-corrected chi connectivity index (χ3v) is 5.86. The third kappa shape index (κ3) is 7.72. The summed E-state index contributed by atoms with van der Waals surface area (Å²) in [4.78, 5) is 25.1. The Bertz CT molecular complexity index is 854. The largest absolute Gasteiger partial charge is 0.456 e. The van der Waals surface area contributed by atoms with Crippen molar-refractivity contribution in [3.63, 3.8) is 0 Å². The van der Waals surface area contributed by atoms with Crippen molar-refractivity contribution in [2.45, 2.75) is 89.7 Å². The molecule has 0 radical (unpaired) electrons. The van der Waals surface area contributed by atoms with E-state index < -0.39 is 33.3 Å². The lowest BCUT2D eigenvalue weighted by Crippen LogP contribution is -2.29. The minimum Gasteiger partial charge on any atom is -0.456 e. The summed E-state index contributed by atoms with van der Waals surface area (Å²) in [6, 6.07) is 3.57. The van der Waals surface area contributed by atoms with Gasteiger partial charge in [-0.1, -0.05) is 26.7 Å². The average Bonchev–Trinajstić information content (AvgIpc) is 2.65. The second kappa shape index (κ2) is 10.4. The Hall–Kier alpha value is -1.93. The van der Waals surface area contributed by atoms with Crippen molar-refractivity contribution in [1.29, 1.82) is 0 Å². The summed E-state index contributed by atoms with van der Waals surface area (Å²) < 4.78 is 40.1. The van der Waals surface area contributed by atoms with Crippen LogP contribution in [-0.4, -0.2) is 38.7 Å². The standard InChI is InChI=1S/C22H34O7S/c1-8-10-12-22(5,6)29-20(24)17-13-16(14-18(15-17)30(25,26)27-7)19(23)28-21(3,4)11-9-2/h13-15H,8-12H2,1-7H3. The number of benzene rings is 1. The number of hydrogen-bond acceptors (Lipinski definition) is 7. The molecule has 8 heteroatoms. The topological polar surface area (TPSA) is 96.0 Å². The van der Waals surface area contributed by atoms with Gasteiger partial charge in [-0.25, -0.2) is 9.59 Å². The van der Waals surface area contributed by atoms with E-state index in [4.69, 9.17) is 9.47 Å². The van der Waals surface area contributed by atoms with Crippen LogP contribution < -0.4 is 0 Å². The van der Waals surface area contributed by atoms with Gasteiger partial charge in [0.25, 0.3) is 10.1 Å². The number of carbonyl (C=O) groups excluding carboxylic acids is 2. The van der Waals surface area contributed by atoms with Crippen molar-refractivity contribution >= 4 is 22.1 Å². The Morgan fingerprint density at radius 3 is 1.70 bits per heavy atom. The highest BCUT2D eigenvalue weighted by atomic mass is 32.2. The summed E-state index contributed by atoms with van der Waals surface area (Å²) in [5.74, 6) is -1.44. The maximum absolute atomic E-state index is 12.7. The molecule has 0 saturated carbocycles. The smallest absolute Gasteiger partial charge is 0.338 e. The Labute approximate surface area is 180 Å². The fourth-order valence-corrected chi connectivity index (χ4v) is 3.74. The van der Waals surface area contributed by atoms with E-state index >= 15 is 0 Å². The Morgan fingerprint density at radius 2 is 1.30 bits per heavy atom. The highest BCUT2D eigenvalue weighted by Gasteiger charge is 2.28. The zero-order valence-electron chi connectivity index (χ0n) is 19.0. The van der Waals surface area contributed by atoms with Crippen LogP contribution in [0.5, 0.6) is 0 Å². The SMILES string of the molecule is CCCCC(C)(C)OC(=O)c1cc(C(=O)OC(C)(C)CCC)cc(S(=O)(=O)OC)c1. The van der Waals surface area contributed by atoms with Crippen molar-refractivity contribution in [2.75, 3.05) is 7.11 Å². The summed E-state index contributed by atoms with van der Waals surface area (Å²) in [7, 11) is -3.13. The number of unbranched alkanes of at least 4 members (excludes halogenated alkanes) is 1. The lowest BCUT2D eigenvalue weighted by atomic mass is 10.0. The van der Waals surface area contributed by atoms with Gasteiger partial charge in [-0.15, -0.1) is 0 Å². The second-order valence-electron chi connectivity index (χ2n) is 8.52. The molecule has 1 aromatic carbocycles. The van der Waals surface area contributed by atoms with Crippen LogP contribution >= 0.6 is 0 Å². The van der Waals surface area contributed by atoms with E-state index in [1.54, 1.807) is 27.7 Å². The molecule has 1 rings (SSSR count). The molecule has 0 atom stereocenters. The molecule has 0 bridgehead atoms. The molecular weight excluding hydrogens is 408 g/mol. The molecule has 0 N–H and O–H groups in total. The van der Waals surface area contributed by atoms with Crippen LogP contribution in [0.3, 0.4) is 0 Å². The van der Waals surface area contributed by atoms with Crippen LogP contribution in [0.1, 0.15) is 94.4 Å². The van der Waals surface area contributed by atoms with Gasteiger partial charge >= 0.3 is 11.9 Å². The second-order valence-corrected chi connectivity index (χ2v) is 10.2. The number of carbonyl (C=O) groups is 2. The quantitative estimate of drug-likeness (QED) is 0.356. The zero-order chi connectivity index (χ0) is 23.2. The van der Waals surface area contributed by atoms with Crippen LogP contribution in [0.2, 0.25) is 0 Å². The van der Waals surface area contributed by atoms with Gasteiger partial charge in [0, 0.05) is 0 Å². The Morgan fingerprint density at radius 1 is 0.833 bits per heavy atom. The molecule has 1 aromatic rings. The van der Waals surface area contributed by atoms with Gasteiger partial charge < -0.3 is 9.47 Å². The maximum Gasteiger partial charge on any atom is 0.338 e. The summed E-state index contributed by atoms with van der Waals surface area (Å²) in [5.41, 5.74) is -1.58. The molecule has 170 valence electrons. The summed E-state index contributed by atoms with van der Waals surface area (Å²) in [6.45, 7) is 11.1. The van der Waals surface area contributed by atoms with E-state index in [9.17, 15) is 18.0 Å². The number of esters is 2. The molecule has 0 heterocycles. The number of hydrogen-bond donors (Lipinski definition) is 0. The molecule has 0 aliphatic carbocycles. The monoisotopic (exact) mass is 442 g/mol. The summed E-state index contributed by atoms with van der Waals surface area (Å²) >= 11 is 0. The molecule has 0 unspecified atom stereocenters. The molecule has 30 heavy (non-hydrogen) atoms. The number of ether oxygens (including phenoxy) is 2. The summed E-state index contributed by atoms with van der Waals surface area (Å²) in [6.07, 6.45) is 3.93. The van der Waals surface area contributed by atoms with Gasteiger partial charge in [0.15, 0.2) is 0 Å². The highest BCUT2D eigenvalue weighted by molar-refractivity contribution is 7.86. The van der Waals surface area contributed by atoms with E-state index in [1.807, 2.05) is 13.8 Å². The normalized spacial score (nSPS) is 12.5. The molecule has 0 aromatic heterocycles. The van der Waals surface area contributed by atoms with E-state index in [0.717, 1.165) is 38.5 Å². The van der Waals surface area contributed by atoms with Crippen molar-refractivity contribution in [3.8, 4) is 0 Å². The summed E-state index contributed by atoms with van der Waals surface area (Å²) in [5, 5.41) is 0. The van der Waals surface area contributed by atoms with Crippen molar-refractivity contribution in [2.24, 2.45) is 0 Å². The lowest BCUT2D eigenvalue weighted by Gasteiger charge is -2.26. The number of rotatable bonds is 11. The van der Waals surface area contributed by atoms with E-state index in [0.29, 0.717) is 12.8 Å². The van der Waals surface area contributed by atoms with Gasteiger partial charge in [-0.05, 0) is 65.2 Å². The average molecular weight is 443 g/mol. The lowest BCUT2D eigenvalue weighted by molar-refractivity contribution is -0.00537. The van der Waals surface area contributed by atoms with E-state index in [1.165, 1.54) is 6.07 Å². The first kappa shape index (κ1) is 26.1. The van der Waals surface area contributed by atoms with Gasteiger partial charge in [0.1, 0.15) is 11.2 Å². The van der Waals surface area contributed by atoms with Gasteiger partial charge in [-0.2, -0.15) is 8.42 Å². The molecular formula is C22H34O7S. The molecule has 0 fully saturated rings. The van der Waals surface area contributed by atoms with Crippen molar-refractivity contribution < 1.29 is 31.7 Å². The van der Waals surface area contributed by atoms with E-state index in [-0.39, 0.29) is 16.0 Å². The van der Waals surface area contributed by atoms with Crippen molar-refractivity contribution in [3.05, 3.63) is 29.3 Å². The highest BCUT2D eigenvalue weighted by Crippen LogP contribution is 2.25. The van der Waals surface area contributed by atoms with Gasteiger partial charge in [-0.3, -0.25) is 4.18 Å². The molecule has 0 saturated heterocycles. The van der Waals surface area contributed by atoms with Gasteiger partial charge in [0.05, 0.1) is 23.1 Å². The first-order valence-electron chi connectivity index (χ1n) is 10.2. The van der Waals surface area contributed by atoms with Crippen LogP contribution in [0.15, 0.2) is 23.1 Å². The molecule has 0 aliphatic rings. The fraction of sp³-hybridized carbons (Fsp3) is 0.636. The predicted octanol–water partition coefficient (Wildman–Crippen LogP) is 4.88. The molecule has 0 amide bonds. The van der Waals surface area contributed by atoms with Crippen LogP contribution in [0.4, 0.5) is 0 Å². The van der Waals surface area contributed by atoms with Crippen LogP contribution in [-0.2, 0) is 23.8 Å². The first-order chi connectivity index (χ1) is 13.8. The van der Waals surface area contributed by atoms with E-state index in [2.05, 4.69) is 4.18 Å². The zero-order valence-corrected chi connectivity index (χ0v) is 19.9. The minimum atomic E-state index is -4.14. The molecule has 0 spiro atoms. The Balaban J connectivity index is 3.33. The predicted molar refractivity (Wildman–Crippen MR) is 114 cm³/mol.